The quantitative estimate of drug-likeness (QED) is 0.760. The lowest BCUT2D eigenvalue weighted by Gasteiger charge is -1.99. The van der Waals surface area contributed by atoms with Crippen LogP contribution < -0.4 is 0 Å². The Balaban J connectivity index is 2.50. The molecule has 2 N–H and O–H groups in total. The van der Waals surface area contributed by atoms with Gasteiger partial charge in [0.15, 0.2) is 11.5 Å². The Morgan fingerprint density at radius 3 is 2.67 bits per heavy atom. The summed E-state index contributed by atoms with van der Waals surface area (Å²) in [6, 6.07) is 0. The van der Waals surface area contributed by atoms with Crippen LogP contribution in [0.1, 0.15) is 33.6 Å². The zero-order valence-electron chi connectivity index (χ0n) is 9.32. The fraction of sp³-hybridized carbons (Fsp3) is 0.200. The zero-order valence-corrected chi connectivity index (χ0v) is 9.32. The van der Waals surface area contributed by atoms with E-state index in [1.54, 1.807) is 0 Å². The van der Waals surface area contributed by atoms with Crippen molar-refractivity contribution in [2.24, 2.45) is 0 Å². The zero-order chi connectivity index (χ0) is 13.3. The Morgan fingerprint density at radius 2 is 2.17 bits per heavy atom. The maximum absolute atomic E-state index is 11.2. The van der Waals surface area contributed by atoms with Crippen LogP contribution in [-0.4, -0.2) is 36.7 Å². The summed E-state index contributed by atoms with van der Waals surface area (Å²) in [5.41, 5.74) is -0.0156. The van der Waals surface area contributed by atoms with Gasteiger partial charge in [-0.25, -0.2) is 14.5 Å². The number of nitrogens with zero attached hydrogens (tertiary/aromatic N) is 3. The Labute approximate surface area is 100 Å². The fourth-order valence-corrected chi connectivity index (χ4v) is 1.49. The smallest absolute Gasteiger partial charge is 0.372 e. The molecule has 94 valence electrons. The van der Waals surface area contributed by atoms with Gasteiger partial charge in [0, 0.05) is 6.92 Å². The lowest BCUT2D eigenvalue weighted by molar-refractivity contribution is 0.0658. The van der Waals surface area contributed by atoms with Crippen molar-refractivity contribution in [3.63, 3.8) is 0 Å². The Kier molecular flexibility index (Phi) is 2.84. The minimum Gasteiger partial charge on any atom is -0.504 e. The normalized spacial score (nSPS) is 10.5. The van der Waals surface area contributed by atoms with Crippen molar-refractivity contribution in [2.75, 3.05) is 0 Å². The molecule has 2 aromatic rings. The van der Waals surface area contributed by atoms with Gasteiger partial charge < -0.3 is 14.6 Å². The largest absolute Gasteiger partial charge is 0.504 e. The third-order valence-electron chi connectivity index (χ3n) is 2.28. The number of aromatic nitrogens is 3. The Morgan fingerprint density at radius 1 is 1.44 bits per heavy atom. The molecule has 0 aliphatic rings. The van der Waals surface area contributed by atoms with Gasteiger partial charge in [-0.1, -0.05) is 0 Å². The minimum atomic E-state index is -1.37. The van der Waals surface area contributed by atoms with Gasteiger partial charge in [-0.3, -0.25) is 4.79 Å². The highest BCUT2D eigenvalue weighted by Gasteiger charge is 2.26. The highest BCUT2D eigenvalue weighted by atomic mass is 16.4. The van der Waals surface area contributed by atoms with E-state index in [1.165, 1.54) is 24.3 Å². The molecule has 0 saturated carbocycles. The molecule has 0 radical (unpaired) electrons. The predicted molar refractivity (Wildman–Crippen MR) is 56.5 cm³/mol. The molecular weight excluding hydrogens is 242 g/mol. The first kappa shape index (κ1) is 11.8. The Bertz CT molecular complexity index is 599. The molecule has 0 aliphatic carbocycles. The van der Waals surface area contributed by atoms with Gasteiger partial charge in [0.25, 0.3) is 0 Å². The molecule has 0 aliphatic heterocycles. The van der Waals surface area contributed by atoms with Gasteiger partial charge >= 0.3 is 5.97 Å². The van der Waals surface area contributed by atoms with Crippen LogP contribution in [0.2, 0.25) is 0 Å². The van der Waals surface area contributed by atoms with Crippen molar-refractivity contribution >= 4 is 11.8 Å². The molecule has 2 heterocycles. The number of Topliss-reactive ketones (excluding diaryl/α,β-unsaturated/α-hetero) is 1. The summed E-state index contributed by atoms with van der Waals surface area (Å²) in [4.78, 5) is 25.8. The number of carboxylic acid groups (broad SMARTS) is 1. The highest BCUT2D eigenvalue weighted by Crippen LogP contribution is 2.30. The molecule has 8 heteroatoms. The summed E-state index contributed by atoms with van der Waals surface area (Å²) in [6.45, 7) is 1.12. The van der Waals surface area contributed by atoms with Gasteiger partial charge in [0.2, 0.25) is 11.5 Å². The highest BCUT2D eigenvalue weighted by molar-refractivity contribution is 5.97. The van der Waals surface area contributed by atoms with Gasteiger partial charge in [0.05, 0.1) is 12.1 Å². The van der Waals surface area contributed by atoms with Crippen molar-refractivity contribution in [3.8, 4) is 5.75 Å². The molecule has 0 spiro atoms. The minimum absolute atomic E-state index is 0.0156. The second kappa shape index (κ2) is 4.32. The SMILES string of the molecule is CC(=O)c1oc(C(=O)O)c(Cn2cncn2)c1O. The first-order valence-corrected chi connectivity index (χ1v) is 4.92. The van der Waals surface area contributed by atoms with E-state index in [9.17, 15) is 14.7 Å². The van der Waals surface area contributed by atoms with E-state index >= 15 is 0 Å². The van der Waals surface area contributed by atoms with E-state index in [0.717, 1.165) is 0 Å². The number of aromatic hydroxyl groups is 1. The lowest BCUT2D eigenvalue weighted by atomic mass is 10.2. The standard InChI is InChI=1S/C10H9N3O5/c1-5(14)8-7(15)6(9(18-8)10(16)17)2-13-4-11-3-12-13/h3-4,15H,2H2,1H3,(H,16,17). The topological polar surface area (TPSA) is 118 Å². The van der Waals surface area contributed by atoms with E-state index in [0.29, 0.717) is 0 Å². The number of carbonyl (C=O) groups excluding carboxylic acids is 1. The molecule has 0 saturated heterocycles. The van der Waals surface area contributed by atoms with Gasteiger partial charge in [-0.2, -0.15) is 5.10 Å². The molecule has 0 atom stereocenters. The molecule has 0 unspecified atom stereocenters. The summed E-state index contributed by atoms with van der Waals surface area (Å²) in [6.07, 6.45) is 2.62. The molecule has 18 heavy (non-hydrogen) atoms. The number of hydrogen-bond acceptors (Lipinski definition) is 6. The fourth-order valence-electron chi connectivity index (χ4n) is 1.49. The first-order chi connectivity index (χ1) is 8.50. The molecular formula is C10H9N3O5. The van der Waals surface area contributed by atoms with Crippen molar-refractivity contribution in [1.29, 1.82) is 0 Å². The first-order valence-electron chi connectivity index (χ1n) is 4.92. The van der Waals surface area contributed by atoms with Crippen molar-refractivity contribution < 1.29 is 24.2 Å². The average molecular weight is 251 g/mol. The van der Waals surface area contributed by atoms with E-state index in [-0.39, 0.29) is 17.9 Å². The number of carbonyl (C=O) groups is 2. The lowest BCUT2D eigenvalue weighted by Crippen LogP contribution is -2.05. The number of carboxylic acids is 1. The van der Waals surface area contributed by atoms with E-state index in [4.69, 9.17) is 9.52 Å². The van der Waals surface area contributed by atoms with Crippen LogP contribution in [0.4, 0.5) is 0 Å². The van der Waals surface area contributed by atoms with Crippen LogP contribution in [-0.2, 0) is 6.54 Å². The maximum Gasteiger partial charge on any atom is 0.372 e. The number of aromatic carboxylic acids is 1. The van der Waals surface area contributed by atoms with Crippen LogP contribution in [0.15, 0.2) is 17.1 Å². The van der Waals surface area contributed by atoms with Crippen LogP contribution in [0.5, 0.6) is 5.75 Å². The maximum atomic E-state index is 11.2. The van der Waals surface area contributed by atoms with Gasteiger partial charge in [-0.15, -0.1) is 0 Å². The summed E-state index contributed by atoms with van der Waals surface area (Å²) in [5, 5.41) is 22.5. The Hall–Kier alpha value is -2.64. The monoisotopic (exact) mass is 251 g/mol. The molecule has 8 nitrogen and oxygen atoms in total. The van der Waals surface area contributed by atoms with Crippen molar-refractivity contribution in [3.05, 3.63) is 29.7 Å². The van der Waals surface area contributed by atoms with E-state index < -0.39 is 23.3 Å². The molecule has 0 amide bonds. The van der Waals surface area contributed by atoms with Crippen LogP contribution in [0.25, 0.3) is 0 Å². The second-order valence-electron chi connectivity index (χ2n) is 3.54. The summed E-state index contributed by atoms with van der Waals surface area (Å²) in [7, 11) is 0. The molecule has 0 bridgehead atoms. The number of furan rings is 1. The van der Waals surface area contributed by atoms with Crippen LogP contribution in [0.3, 0.4) is 0 Å². The van der Waals surface area contributed by atoms with Gasteiger partial charge in [-0.05, 0) is 0 Å². The van der Waals surface area contributed by atoms with E-state index in [2.05, 4.69) is 10.1 Å². The molecule has 0 fully saturated rings. The molecule has 2 rings (SSSR count). The second-order valence-corrected chi connectivity index (χ2v) is 3.54. The van der Waals surface area contributed by atoms with Crippen LogP contribution >= 0.6 is 0 Å². The van der Waals surface area contributed by atoms with Gasteiger partial charge in [0.1, 0.15) is 12.7 Å². The summed E-state index contributed by atoms with van der Waals surface area (Å²) < 4.78 is 6.16. The molecule has 2 aromatic heterocycles. The predicted octanol–water partition coefficient (Wildman–Crippen LogP) is 0.526. The third kappa shape index (κ3) is 1.95. The van der Waals surface area contributed by atoms with Crippen molar-refractivity contribution in [1.82, 2.24) is 14.8 Å². The third-order valence-corrected chi connectivity index (χ3v) is 2.28. The number of rotatable bonds is 4. The number of hydrogen-bond donors (Lipinski definition) is 2. The molecule has 0 aromatic carbocycles. The summed E-state index contributed by atoms with van der Waals surface area (Å²) in [5.74, 6) is -3.25. The summed E-state index contributed by atoms with van der Waals surface area (Å²) >= 11 is 0. The van der Waals surface area contributed by atoms with Crippen molar-refractivity contribution in [2.45, 2.75) is 13.5 Å². The van der Waals surface area contributed by atoms with E-state index in [1.807, 2.05) is 0 Å². The number of ketones is 1. The average Bonchev–Trinajstić information content (AvgIpc) is 2.88. The van der Waals surface area contributed by atoms with Crippen LogP contribution in [0, 0.1) is 0 Å².